The van der Waals surface area contributed by atoms with E-state index in [-0.39, 0.29) is 0 Å². The van der Waals surface area contributed by atoms with Crippen molar-refractivity contribution in [3.63, 3.8) is 0 Å². The summed E-state index contributed by atoms with van der Waals surface area (Å²) in [6, 6.07) is 0.950. The molecule has 3 N–H and O–H groups in total. The van der Waals surface area contributed by atoms with Gasteiger partial charge in [0.1, 0.15) is 5.82 Å². The van der Waals surface area contributed by atoms with Gasteiger partial charge in [-0.2, -0.15) is 4.37 Å². The van der Waals surface area contributed by atoms with E-state index in [0.29, 0.717) is 12.1 Å². The van der Waals surface area contributed by atoms with Gasteiger partial charge in [0.15, 0.2) is 0 Å². The second-order valence-electron chi connectivity index (χ2n) is 4.13. The lowest BCUT2D eigenvalue weighted by Gasteiger charge is -2.26. The average Bonchev–Trinajstić information content (AvgIpc) is 2.69. The van der Waals surface area contributed by atoms with Gasteiger partial charge in [-0.05, 0) is 25.7 Å². The molecule has 0 saturated heterocycles. The summed E-state index contributed by atoms with van der Waals surface area (Å²) < 4.78 is 4.26. The molecule has 1 heterocycles. The predicted molar refractivity (Wildman–Crippen MR) is 63.1 cm³/mol. The summed E-state index contributed by atoms with van der Waals surface area (Å²) >= 11 is 1.47. The molecule has 1 aliphatic carbocycles. The molecule has 0 amide bonds. The Kier molecular flexibility index (Phi) is 3.53. The van der Waals surface area contributed by atoms with Crippen LogP contribution in [-0.2, 0) is 6.42 Å². The molecule has 1 saturated carbocycles. The molecule has 0 spiro atoms. The van der Waals surface area contributed by atoms with E-state index in [1.807, 2.05) is 0 Å². The lowest BCUT2D eigenvalue weighted by atomic mass is 9.92. The standard InChI is InChI=1S/C10H18N4S/c1-2-9-13-10(15-14-9)12-8-5-3-7(11)4-6-8/h7-8H,2-6,11H2,1H3,(H,12,13,14). The van der Waals surface area contributed by atoms with Crippen molar-refractivity contribution in [2.75, 3.05) is 5.32 Å². The van der Waals surface area contributed by atoms with Crippen LogP contribution in [0.15, 0.2) is 0 Å². The van der Waals surface area contributed by atoms with Gasteiger partial charge < -0.3 is 11.1 Å². The zero-order valence-electron chi connectivity index (χ0n) is 9.07. The van der Waals surface area contributed by atoms with Gasteiger partial charge in [0.25, 0.3) is 0 Å². The summed E-state index contributed by atoms with van der Waals surface area (Å²) in [5.41, 5.74) is 5.86. The summed E-state index contributed by atoms with van der Waals surface area (Å²) in [5, 5.41) is 4.41. The Morgan fingerprint density at radius 2 is 2.13 bits per heavy atom. The fourth-order valence-corrected chi connectivity index (χ4v) is 2.62. The Labute approximate surface area is 94.5 Å². The molecule has 0 atom stereocenters. The highest BCUT2D eigenvalue weighted by atomic mass is 32.1. The monoisotopic (exact) mass is 226 g/mol. The Hall–Kier alpha value is -0.680. The third-order valence-corrected chi connectivity index (χ3v) is 3.57. The first-order chi connectivity index (χ1) is 7.28. The summed E-state index contributed by atoms with van der Waals surface area (Å²) in [4.78, 5) is 4.41. The van der Waals surface area contributed by atoms with Crippen molar-refractivity contribution >= 4 is 16.7 Å². The van der Waals surface area contributed by atoms with E-state index in [1.165, 1.54) is 11.5 Å². The van der Waals surface area contributed by atoms with Crippen molar-refractivity contribution in [2.45, 2.75) is 51.1 Å². The highest BCUT2D eigenvalue weighted by Gasteiger charge is 2.19. The van der Waals surface area contributed by atoms with Gasteiger partial charge in [0.2, 0.25) is 5.13 Å². The SMILES string of the molecule is CCc1nsc(NC2CCC(N)CC2)n1. The van der Waals surface area contributed by atoms with Crippen LogP contribution in [0.5, 0.6) is 0 Å². The van der Waals surface area contributed by atoms with Crippen molar-refractivity contribution in [1.82, 2.24) is 9.36 Å². The van der Waals surface area contributed by atoms with E-state index in [4.69, 9.17) is 5.73 Å². The largest absolute Gasteiger partial charge is 0.358 e. The number of rotatable bonds is 3. The van der Waals surface area contributed by atoms with Crippen molar-refractivity contribution in [3.05, 3.63) is 5.82 Å². The third kappa shape index (κ3) is 2.89. The molecule has 2 rings (SSSR count). The summed E-state index contributed by atoms with van der Waals surface area (Å²) in [6.07, 6.45) is 5.46. The number of aromatic nitrogens is 2. The minimum Gasteiger partial charge on any atom is -0.358 e. The van der Waals surface area contributed by atoms with Crippen LogP contribution in [0.4, 0.5) is 5.13 Å². The van der Waals surface area contributed by atoms with Crippen molar-refractivity contribution in [1.29, 1.82) is 0 Å². The van der Waals surface area contributed by atoms with Crippen LogP contribution in [-0.4, -0.2) is 21.4 Å². The Morgan fingerprint density at radius 1 is 1.40 bits per heavy atom. The summed E-state index contributed by atoms with van der Waals surface area (Å²) in [6.45, 7) is 2.07. The molecule has 0 aromatic carbocycles. The quantitative estimate of drug-likeness (QED) is 0.824. The zero-order chi connectivity index (χ0) is 10.7. The third-order valence-electron chi connectivity index (χ3n) is 2.88. The molecule has 0 radical (unpaired) electrons. The molecule has 4 nitrogen and oxygen atoms in total. The molecule has 1 aromatic rings. The van der Waals surface area contributed by atoms with E-state index in [1.54, 1.807) is 0 Å². The number of hydrogen-bond donors (Lipinski definition) is 2. The number of anilines is 1. The van der Waals surface area contributed by atoms with E-state index in [2.05, 4.69) is 21.6 Å². The second-order valence-corrected chi connectivity index (χ2v) is 4.88. The van der Waals surface area contributed by atoms with Crippen molar-refractivity contribution in [3.8, 4) is 0 Å². The van der Waals surface area contributed by atoms with E-state index in [0.717, 1.165) is 43.1 Å². The van der Waals surface area contributed by atoms with Crippen molar-refractivity contribution in [2.24, 2.45) is 5.73 Å². The Bertz CT molecular complexity index is 304. The molecule has 84 valence electrons. The minimum atomic E-state index is 0.406. The van der Waals surface area contributed by atoms with Crippen molar-refractivity contribution < 1.29 is 0 Å². The fraction of sp³-hybridized carbons (Fsp3) is 0.800. The number of nitrogens with two attached hydrogens (primary N) is 1. The van der Waals surface area contributed by atoms with Crippen LogP contribution >= 0.6 is 11.5 Å². The van der Waals surface area contributed by atoms with Gasteiger partial charge in [-0.15, -0.1) is 0 Å². The molecule has 1 aromatic heterocycles. The highest BCUT2D eigenvalue weighted by molar-refractivity contribution is 7.09. The number of nitrogens with zero attached hydrogens (tertiary/aromatic N) is 2. The Balaban J connectivity index is 1.86. The first kappa shape index (κ1) is 10.8. The number of nitrogens with one attached hydrogen (secondary N) is 1. The molecule has 5 heteroatoms. The van der Waals surface area contributed by atoms with Crippen LogP contribution in [0.3, 0.4) is 0 Å². The minimum absolute atomic E-state index is 0.406. The molecule has 15 heavy (non-hydrogen) atoms. The first-order valence-corrected chi connectivity index (χ1v) is 6.40. The van der Waals surface area contributed by atoms with Gasteiger partial charge >= 0.3 is 0 Å². The molecular weight excluding hydrogens is 208 g/mol. The van der Waals surface area contributed by atoms with E-state index < -0.39 is 0 Å². The maximum Gasteiger partial charge on any atom is 0.202 e. The maximum absolute atomic E-state index is 5.86. The molecule has 1 fully saturated rings. The van der Waals surface area contributed by atoms with Crippen LogP contribution in [0.25, 0.3) is 0 Å². The van der Waals surface area contributed by atoms with Gasteiger partial charge in [-0.3, -0.25) is 0 Å². The van der Waals surface area contributed by atoms with Gasteiger partial charge in [0.05, 0.1) is 0 Å². The molecule has 0 unspecified atom stereocenters. The average molecular weight is 226 g/mol. The molecule has 1 aliphatic rings. The van der Waals surface area contributed by atoms with Crippen LogP contribution in [0.1, 0.15) is 38.4 Å². The molecular formula is C10H18N4S. The lowest BCUT2D eigenvalue weighted by Crippen LogP contribution is -2.32. The van der Waals surface area contributed by atoms with Gasteiger partial charge in [-0.25, -0.2) is 4.98 Å². The lowest BCUT2D eigenvalue weighted by molar-refractivity contribution is 0.411. The maximum atomic E-state index is 5.86. The van der Waals surface area contributed by atoms with E-state index in [9.17, 15) is 0 Å². The van der Waals surface area contributed by atoms with Gasteiger partial charge in [0, 0.05) is 30.0 Å². The summed E-state index contributed by atoms with van der Waals surface area (Å²) in [7, 11) is 0. The molecule has 0 aliphatic heterocycles. The molecule has 0 bridgehead atoms. The zero-order valence-corrected chi connectivity index (χ0v) is 9.89. The second kappa shape index (κ2) is 4.90. The number of hydrogen-bond acceptors (Lipinski definition) is 5. The predicted octanol–water partition coefficient (Wildman–Crippen LogP) is 1.78. The fourth-order valence-electron chi connectivity index (χ4n) is 1.89. The number of aryl methyl sites for hydroxylation is 1. The highest BCUT2D eigenvalue weighted by Crippen LogP contribution is 2.22. The topological polar surface area (TPSA) is 63.8 Å². The van der Waals surface area contributed by atoms with Crippen LogP contribution in [0, 0.1) is 0 Å². The van der Waals surface area contributed by atoms with Gasteiger partial charge in [-0.1, -0.05) is 6.92 Å². The van der Waals surface area contributed by atoms with Crippen LogP contribution in [0.2, 0.25) is 0 Å². The first-order valence-electron chi connectivity index (χ1n) is 5.62. The normalized spacial score (nSPS) is 26.5. The smallest absolute Gasteiger partial charge is 0.202 e. The Morgan fingerprint density at radius 3 is 2.73 bits per heavy atom. The summed E-state index contributed by atoms with van der Waals surface area (Å²) in [5.74, 6) is 0.940. The van der Waals surface area contributed by atoms with Crippen LogP contribution < -0.4 is 11.1 Å². The van der Waals surface area contributed by atoms with E-state index >= 15 is 0 Å².